The molecule has 0 aliphatic carbocycles. The summed E-state index contributed by atoms with van der Waals surface area (Å²) in [5, 5.41) is 39.2. The number of aromatic hydroxyl groups is 4. The Morgan fingerprint density at radius 1 is 0.818 bits per heavy atom. The Hall–Kier alpha value is -3.22. The number of hydrogen-bond acceptors (Lipinski definition) is 6. The fourth-order valence-corrected chi connectivity index (χ4v) is 1.75. The van der Waals surface area contributed by atoms with Gasteiger partial charge in [-0.1, -0.05) is 6.07 Å². The molecule has 0 aliphatic rings. The van der Waals surface area contributed by atoms with Crippen LogP contribution in [0.15, 0.2) is 36.4 Å². The third-order valence-corrected chi connectivity index (χ3v) is 2.89. The Kier molecular flexibility index (Phi) is 4.17. The molecular formula is C15H13NO6. The molecule has 1 amide bonds. The van der Waals surface area contributed by atoms with Crippen molar-refractivity contribution in [3.63, 3.8) is 0 Å². The maximum absolute atomic E-state index is 11.8. The third-order valence-electron chi connectivity index (χ3n) is 2.89. The number of hydrogen-bond donors (Lipinski definition) is 5. The highest BCUT2D eigenvalue weighted by Crippen LogP contribution is 2.27. The van der Waals surface area contributed by atoms with Gasteiger partial charge in [0, 0.05) is 18.2 Å². The molecule has 0 radical (unpaired) electrons. The van der Waals surface area contributed by atoms with Gasteiger partial charge < -0.3 is 25.7 Å². The standard InChI is InChI=1S/C15H13NO6/c17-10-3-1-8(5-12(10)19)6-14(21)15(22)16-9-2-4-11(18)13(20)7-9/h1-5,7,17-20H,6H2,(H,16,22). The lowest BCUT2D eigenvalue weighted by Crippen LogP contribution is -2.24. The maximum Gasteiger partial charge on any atom is 0.292 e. The number of nitrogens with one attached hydrogen (secondary N) is 1. The van der Waals surface area contributed by atoms with E-state index < -0.39 is 17.4 Å². The Balaban J connectivity index is 2.04. The molecule has 0 saturated heterocycles. The second-order valence-electron chi connectivity index (χ2n) is 4.58. The first-order valence-corrected chi connectivity index (χ1v) is 6.24. The zero-order valence-corrected chi connectivity index (χ0v) is 11.3. The number of carbonyl (C=O) groups is 2. The van der Waals surface area contributed by atoms with Gasteiger partial charge in [0.2, 0.25) is 5.78 Å². The van der Waals surface area contributed by atoms with E-state index in [0.717, 1.165) is 6.07 Å². The Morgan fingerprint density at radius 2 is 1.41 bits per heavy atom. The summed E-state index contributed by atoms with van der Waals surface area (Å²) in [5.41, 5.74) is 0.520. The minimum absolute atomic E-state index is 0.155. The highest BCUT2D eigenvalue weighted by Gasteiger charge is 2.16. The second kappa shape index (κ2) is 6.04. The van der Waals surface area contributed by atoms with Crippen LogP contribution in [-0.2, 0) is 16.0 Å². The summed E-state index contributed by atoms with van der Waals surface area (Å²) in [5.74, 6) is -3.14. The van der Waals surface area contributed by atoms with Crippen LogP contribution in [-0.4, -0.2) is 32.1 Å². The molecule has 7 heteroatoms. The topological polar surface area (TPSA) is 127 Å². The number of phenolic OH excluding ortho intramolecular Hbond substituents is 4. The van der Waals surface area contributed by atoms with Gasteiger partial charge in [-0.3, -0.25) is 9.59 Å². The monoisotopic (exact) mass is 303 g/mol. The zero-order chi connectivity index (χ0) is 16.3. The molecule has 0 unspecified atom stereocenters. The van der Waals surface area contributed by atoms with Crippen LogP contribution < -0.4 is 5.32 Å². The van der Waals surface area contributed by atoms with Crippen molar-refractivity contribution in [1.82, 2.24) is 0 Å². The normalized spacial score (nSPS) is 10.2. The molecule has 22 heavy (non-hydrogen) atoms. The van der Waals surface area contributed by atoms with Crippen molar-refractivity contribution in [3.8, 4) is 23.0 Å². The van der Waals surface area contributed by atoms with Crippen molar-refractivity contribution in [1.29, 1.82) is 0 Å². The van der Waals surface area contributed by atoms with E-state index in [0.29, 0.717) is 5.56 Å². The molecule has 5 N–H and O–H groups in total. The molecule has 0 aromatic heterocycles. The first kappa shape index (κ1) is 15.2. The number of phenols is 4. The molecule has 0 aliphatic heterocycles. The molecule has 0 spiro atoms. The van der Waals surface area contributed by atoms with Crippen molar-refractivity contribution in [3.05, 3.63) is 42.0 Å². The van der Waals surface area contributed by atoms with E-state index in [1.54, 1.807) is 0 Å². The van der Waals surface area contributed by atoms with Crippen LogP contribution in [0.3, 0.4) is 0 Å². The quantitative estimate of drug-likeness (QED) is 0.329. The molecule has 2 aromatic carbocycles. The highest BCUT2D eigenvalue weighted by atomic mass is 16.3. The lowest BCUT2D eigenvalue weighted by molar-refractivity contribution is -0.134. The summed E-state index contributed by atoms with van der Waals surface area (Å²) in [7, 11) is 0. The summed E-state index contributed by atoms with van der Waals surface area (Å²) < 4.78 is 0. The molecule has 2 aromatic rings. The largest absolute Gasteiger partial charge is 0.504 e. The molecule has 0 bridgehead atoms. The van der Waals surface area contributed by atoms with E-state index in [2.05, 4.69) is 5.32 Å². The second-order valence-corrected chi connectivity index (χ2v) is 4.58. The molecule has 7 nitrogen and oxygen atoms in total. The van der Waals surface area contributed by atoms with Crippen molar-refractivity contribution < 1.29 is 30.0 Å². The van der Waals surface area contributed by atoms with E-state index >= 15 is 0 Å². The van der Waals surface area contributed by atoms with Crippen LogP contribution in [0.5, 0.6) is 23.0 Å². The van der Waals surface area contributed by atoms with E-state index in [9.17, 15) is 24.9 Å². The molecule has 0 saturated carbocycles. The van der Waals surface area contributed by atoms with Crippen molar-refractivity contribution in [2.24, 2.45) is 0 Å². The van der Waals surface area contributed by atoms with Gasteiger partial charge in [-0.2, -0.15) is 0 Å². The Morgan fingerprint density at radius 3 is 2.00 bits per heavy atom. The Bertz CT molecular complexity index is 677. The number of carbonyl (C=O) groups excluding carboxylic acids is 2. The SMILES string of the molecule is O=C(Cc1ccc(O)c(O)c1)C(=O)Nc1ccc(O)c(O)c1. The minimum Gasteiger partial charge on any atom is -0.504 e. The van der Waals surface area contributed by atoms with Gasteiger partial charge in [-0.25, -0.2) is 0 Å². The van der Waals surface area contributed by atoms with E-state index in [1.165, 1.54) is 30.3 Å². The fraction of sp³-hybridized carbons (Fsp3) is 0.0667. The van der Waals surface area contributed by atoms with E-state index in [-0.39, 0.29) is 29.4 Å². The van der Waals surface area contributed by atoms with Gasteiger partial charge in [0.15, 0.2) is 23.0 Å². The molecule has 2 rings (SSSR count). The van der Waals surface area contributed by atoms with Crippen LogP contribution in [0, 0.1) is 0 Å². The summed E-state index contributed by atoms with van der Waals surface area (Å²) >= 11 is 0. The third kappa shape index (κ3) is 3.45. The van der Waals surface area contributed by atoms with Crippen LogP contribution in [0.25, 0.3) is 0 Å². The lowest BCUT2D eigenvalue weighted by atomic mass is 10.1. The van der Waals surface area contributed by atoms with Crippen molar-refractivity contribution in [2.45, 2.75) is 6.42 Å². The average molecular weight is 303 g/mol. The molecule has 0 heterocycles. The number of amides is 1. The van der Waals surface area contributed by atoms with E-state index in [1.807, 2.05) is 0 Å². The van der Waals surface area contributed by atoms with Gasteiger partial charge in [0.05, 0.1) is 0 Å². The summed E-state index contributed by atoms with van der Waals surface area (Å²) in [6.45, 7) is 0. The van der Waals surface area contributed by atoms with E-state index in [4.69, 9.17) is 5.11 Å². The number of rotatable bonds is 4. The summed E-state index contributed by atoms with van der Waals surface area (Å²) in [6.07, 6.45) is -0.260. The molecular weight excluding hydrogens is 290 g/mol. The van der Waals surface area contributed by atoms with Gasteiger partial charge >= 0.3 is 0 Å². The maximum atomic E-state index is 11.8. The predicted octanol–water partition coefficient (Wildman–Crippen LogP) is 1.26. The summed E-state index contributed by atoms with van der Waals surface area (Å²) in [6, 6.07) is 7.42. The van der Waals surface area contributed by atoms with Crippen LogP contribution >= 0.6 is 0 Å². The highest BCUT2D eigenvalue weighted by molar-refractivity contribution is 6.41. The molecule has 114 valence electrons. The van der Waals surface area contributed by atoms with Gasteiger partial charge in [0.1, 0.15) is 0 Å². The van der Waals surface area contributed by atoms with Gasteiger partial charge in [-0.05, 0) is 29.8 Å². The fourth-order valence-electron chi connectivity index (χ4n) is 1.75. The minimum atomic E-state index is -0.905. The predicted molar refractivity (Wildman–Crippen MR) is 76.9 cm³/mol. The van der Waals surface area contributed by atoms with Crippen LogP contribution in [0.4, 0.5) is 5.69 Å². The number of ketones is 1. The van der Waals surface area contributed by atoms with Crippen LogP contribution in [0.2, 0.25) is 0 Å². The first-order valence-electron chi connectivity index (χ1n) is 6.24. The van der Waals surface area contributed by atoms with Crippen molar-refractivity contribution >= 4 is 17.4 Å². The lowest BCUT2D eigenvalue weighted by Gasteiger charge is -2.06. The Labute approximate surface area is 125 Å². The average Bonchev–Trinajstić information content (AvgIpc) is 2.46. The van der Waals surface area contributed by atoms with Crippen LogP contribution in [0.1, 0.15) is 5.56 Å². The van der Waals surface area contributed by atoms with Crippen molar-refractivity contribution in [2.75, 3.05) is 5.32 Å². The van der Waals surface area contributed by atoms with Gasteiger partial charge in [-0.15, -0.1) is 0 Å². The number of Topliss-reactive ketones (excluding diaryl/α,β-unsaturated/α-hetero) is 1. The summed E-state index contributed by atoms with van der Waals surface area (Å²) in [4.78, 5) is 23.5. The first-order chi connectivity index (χ1) is 10.4. The zero-order valence-electron chi connectivity index (χ0n) is 11.3. The molecule has 0 fully saturated rings. The molecule has 0 atom stereocenters. The smallest absolute Gasteiger partial charge is 0.292 e. The number of benzene rings is 2. The number of anilines is 1. The van der Waals surface area contributed by atoms with Gasteiger partial charge in [0.25, 0.3) is 5.91 Å².